The first-order valence-electron chi connectivity index (χ1n) is 6.06. The molecule has 0 fully saturated rings. The Morgan fingerprint density at radius 2 is 2.24 bits per heavy atom. The summed E-state index contributed by atoms with van der Waals surface area (Å²) in [6.07, 6.45) is 4.91. The molecular formula is C11H19N5S. The summed E-state index contributed by atoms with van der Waals surface area (Å²) in [7, 11) is 0. The quantitative estimate of drug-likeness (QED) is 0.851. The molecule has 2 rings (SSSR count). The van der Waals surface area contributed by atoms with Crippen molar-refractivity contribution in [1.82, 2.24) is 19.8 Å². The first-order chi connectivity index (χ1) is 8.20. The number of aryl methyl sites for hydroxylation is 1. The van der Waals surface area contributed by atoms with Crippen molar-refractivity contribution >= 4 is 16.3 Å². The normalized spacial score (nSPS) is 13.6. The smallest absolute Gasteiger partial charge is 0.234 e. The fourth-order valence-electron chi connectivity index (χ4n) is 2.04. The highest BCUT2D eigenvalue weighted by Crippen LogP contribution is 2.22. The van der Waals surface area contributed by atoms with E-state index in [4.69, 9.17) is 5.73 Å². The number of hydrogen-bond acceptors (Lipinski definition) is 5. The number of nitrogens with two attached hydrogens (primary N) is 1. The van der Waals surface area contributed by atoms with E-state index in [1.165, 1.54) is 0 Å². The van der Waals surface area contributed by atoms with Gasteiger partial charge in [0.25, 0.3) is 0 Å². The number of aromatic nitrogens is 4. The summed E-state index contributed by atoms with van der Waals surface area (Å²) in [6.45, 7) is 5.30. The minimum atomic E-state index is 0.685. The highest BCUT2D eigenvalue weighted by molar-refractivity contribution is 7.16. The molecule has 2 heterocycles. The lowest BCUT2D eigenvalue weighted by Crippen LogP contribution is -2.15. The van der Waals surface area contributed by atoms with E-state index in [9.17, 15) is 0 Å². The Balaban J connectivity index is 1.94. The minimum Gasteiger partial charge on any atom is -0.330 e. The molecule has 0 aliphatic rings. The Morgan fingerprint density at radius 3 is 2.88 bits per heavy atom. The zero-order valence-corrected chi connectivity index (χ0v) is 11.2. The highest BCUT2D eigenvalue weighted by Gasteiger charge is 2.14. The third-order valence-electron chi connectivity index (χ3n) is 3.14. The molecule has 1 unspecified atom stereocenters. The summed E-state index contributed by atoms with van der Waals surface area (Å²) in [5.41, 5.74) is 5.65. The lowest BCUT2D eigenvalue weighted by Gasteiger charge is -2.19. The summed E-state index contributed by atoms with van der Waals surface area (Å²) in [6, 6.07) is 0. The summed E-state index contributed by atoms with van der Waals surface area (Å²) < 4.78 is 1.74. The second kappa shape index (κ2) is 5.55. The minimum absolute atomic E-state index is 0.685. The molecule has 94 valence electrons. The molecule has 0 aromatic carbocycles. The molecule has 0 spiro atoms. The van der Waals surface area contributed by atoms with Crippen LogP contribution in [0, 0.1) is 11.8 Å². The predicted molar refractivity (Wildman–Crippen MR) is 69.0 cm³/mol. The largest absolute Gasteiger partial charge is 0.330 e. The first-order valence-corrected chi connectivity index (χ1v) is 6.88. The fourth-order valence-corrected chi connectivity index (χ4v) is 2.86. The van der Waals surface area contributed by atoms with Crippen LogP contribution in [0.25, 0.3) is 4.96 Å². The van der Waals surface area contributed by atoms with E-state index >= 15 is 0 Å². The number of hydrogen-bond donors (Lipinski definition) is 1. The van der Waals surface area contributed by atoms with Crippen molar-refractivity contribution < 1.29 is 0 Å². The second-order valence-electron chi connectivity index (χ2n) is 4.67. The van der Waals surface area contributed by atoms with Crippen LogP contribution in [-0.2, 0) is 6.42 Å². The van der Waals surface area contributed by atoms with Crippen molar-refractivity contribution in [1.29, 1.82) is 0 Å². The van der Waals surface area contributed by atoms with Crippen molar-refractivity contribution in [3.05, 3.63) is 11.3 Å². The zero-order chi connectivity index (χ0) is 12.3. The molecule has 1 atom stereocenters. The van der Waals surface area contributed by atoms with Crippen LogP contribution in [0.2, 0.25) is 0 Å². The van der Waals surface area contributed by atoms with E-state index in [2.05, 4.69) is 29.1 Å². The van der Waals surface area contributed by atoms with Crippen LogP contribution in [0.3, 0.4) is 0 Å². The standard InChI is InChI=1S/C11H19N5S/c1-8(2)9(5-6-12)3-4-10-15-16-7-13-14-11(16)17-10/h7-9H,3-6,12H2,1-2H3. The van der Waals surface area contributed by atoms with Crippen LogP contribution < -0.4 is 5.73 Å². The van der Waals surface area contributed by atoms with Crippen LogP contribution in [0.15, 0.2) is 6.33 Å². The molecule has 0 amide bonds. The Kier molecular flexibility index (Phi) is 4.06. The Bertz CT molecular complexity index is 433. The molecule has 2 aromatic rings. The van der Waals surface area contributed by atoms with E-state index in [1.807, 2.05) is 0 Å². The van der Waals surface area contributed by atoms with Gasteiger partial charge < -0.3 is 5.73 Å². The van der Waals surface area contributed by atoms with E-state index in [-0.39, 0.29) is 0 Å². The van der Waals surface area contributed by atoms with Crippen LogP contribution >= 0.6 is 11.3 Å². The van der Waals surface area contributed by atoms with Crippen molar-refractivity contribution in [2.24, 2.45) is 17.6 Å². The maximum absolute atomic E-state index is 5.65. The zero-order valence-electron chi connectivity index (χ0n) is 10.3. The molecule has 0 radical (unpaired) electrons. The molecule has 17 heavy (non-hydrogen) atoms. The van der Waals surface area contributed by atoms with Gasteiger partial charge in [-0.05, 0) is 31.2 Å². The molecule has 0 aliphatic carbocycles. The highest BCUT2D eigenvalue weighted by atomic mass is 32.1. The van der Waals surface area contributed by atoms with Gasteiger partial charge in [-0.1, -0.05) is 25.2 Å². The number of fused-ring (bicyclic) bond motifs is 1. The predicted octanol–water partition coefficient (Wildman–Crippen LogP) is 1.74. The number of nitrogens with zero attached hydrogens (tertiary/aromatic N) is 4. The van der Waals surface area contributed by atoms with E-state index in [1.54, 1.807) is 22.2 Å². The van der Waals surface area contributed by atoms with Crippen molar-refractivity contribution in [3.63, 3.8) is 0 Å². The SMILES string of the molecule is CC(C)C(CCN)CCc1nn2cnnc2s1. The molecule has 0 bridgehead atoms. The van der Waals surface area contributed by atoms with Gasteiger partial charge in [-0.25, -0.2) is 0 Å². The van der Waals surface area contributed by atoms with Gasteiger partial charge in [0.15, 0.2) is 0 Å². The van der Waals surface area contributed by atoms with Crippen LogP contribution in [0.4, 0.5) is 0 Å². The molecule has 5 nitrogen and oxygen atoms in total. The van der Waals surface area contributed by atoms with Gasteiger partial charge in [0.2, 0.25) is 4.96 Å². The topological polar surface area (TPSA) is 69.1 Å². The van der Waals surface area contributed by atoms with E-state index in [0.717, 1.165) is 35.8 Å². The molecule has 2 N–H and O–H groups in total. The van der Waals surface area contributed by atoms with Gasteiger partial charge in [-0.3, -0.25) is 0 Å². The van der Waals surface area contributed by atoms with Gasteiger partial charge in [0.1, 0.15) is 11.3 Å². The lowest BCUT2D eigenvalue weighted by molar-refractivity contribution is 0.341. The van der Waals surface area contributed by atoms with E-state index < -0.39 is 0 Å². The Hall–Kier alpha value is -1.01. The van der Waals surface area contributed by atoms with Crippen LogP contribution in [0.1, 0.15) is 31.7 Å². The molecule has 0 saturated heterocycles. The van der Waals surface area contributed by atoms with Gasteiger partial charge in [-0.15, -0.1) is 10.2 Å². The third-order valence-corrected chi connectivity index (χ3v) is 4.11. The van der Waals surface area contributed by atoms with Crippen molar-refractivity contribution in [2.75, 3.05) is 6.54 Å². The molecule has 6 heteroatoms. The van der Waals surface area contributed by atoms with Crippen molar-refractivity contribution in [2.45, 2.75) is 33.1 Å². The molecular weight excluding hydrogens is 234 g/mol. The third kappa shape index (κ3) is 3.01. The van der Waals surface area contributed by atoms with Gasteiger partial charge in [-0.2, -0.15) is 9.61 Å². The lowest BCUT2D eigenvalue weighted by atomic mass is 9.88. The van der Waals surface area contributed by atoms with Gasteiger partial charge in [0.05, 0.1) is 0 Å². The van der Waals surface area contributed by atoms with Gasteiger partial charge in [0, 0.05) is 6.42 Å². The first kappa shape index (κ1) is 12.4. The summed E-state index contributed by atoms with van der Waals surface area (Å²) in [5.74, 6) is 1.37. The van der Waals surface area contributed by atoms with Crippen molar-refractivity contribution in [3.8, 4) is 0 Å². The molecule has 2 aromatic heterocycles. The maximum Gasteiger partial charge on any atom is 0.234 e. The van der Waals surface area contributed by atoms with Gasteiger partial charge >= 0.3 is 0 Å². The molecule has 0 saturated carbocycles. The summed E-state index contributed by atoms with van der Waals surface area (Å²) in [4.78, 5) is 0.875. The van der Waals surface area contributed by atoms with Crippen LogP contribution in [-0.4, -0.2) is 26.4 Å². The average molecular weight is 253 g/mol. The number of rotatable bonds is 6. The second-order valence-corrected chi connectivity index (χ2v) is 5.71. The molecule has 0 aliphatic heterocycles. The fraction of sp³-hybridized carbons (Fsp3) is 0.727. The van der Waals surface area contributed by atoms with Crippen LogP contribution in [0.5, 0.6) is 0 Å². The maximum atomic E-state index is 5.65. The van der Waals surface area contributed by atoms with E-state index in [0.29, 0.717) is 11.8 Å². The summed E-state index contributed by atoms with van der Waals surface area (Å²) >= 11 is 1.62. The average Bonchev–Trinajstić information content (AvgIpc) is 2.83. The monoisotopic (exact) mass is 253 g/mol. The Morgan fingerprint density at radius 1 is 1.41 bits per heavy atom. The summed E-state index contributed by atoms with van der Waals surface area (Å²) in [5, 5.41) is 13.4. The Labute approximate surface area is 105 Å².